The molecule has 0 amide bonds. The highest BCUT2D eigenvalue weighted by Gasteiger charge is 2.31. The average Bonchev–Trinajstić information content (AvgIpc) is 3.27. The Morgan fingerprint density at radius 3 is 2.81 bits per heavy atom. The zero-order chi connectivity index (χ0) is 22.8. The molecule has 170 valence electrons. The van der Waals surface area contributed by atoms with Crippen LogP contribution in [0.1, 0.15) is 52.9 Å². The number of fused-ring (bicyclic) bond motifs is 1. The molecule has 0 unspecified atom stereocenters. The predicted octanol–water partition coefficient (Wildman–Crippen LogP) is 4.51. The highest BCUT2D eigenvalue weighted by atomic mass is 16.5. The third kappa shape index (κ3) is 4.18. The number of anilines is 1. The third-order valence-corrected chi connectivity index (χ3v) is 6.45. The average molecular weight is 438 g/mol. The van der Waals surface area contributed by atoms with Crippen LogP contribution in [-0.2, 0) is 11.3 Å². The van der Waals surface area contributed by atoms with Crippen molar-refractivity contribution in [3.05, 3.63) is 58.8 Å². The van der Waals surface area contributed by atoms with Crippen molar-refractivity contribution in [3.8, 4) is 5.75 Å². The maximum absolute atomic E-state index is 11.4. The summed E-state index contributed by atoms with van der Waals surface area (Å²) in [6, 6.07) is 9.52. The molecule has 3 aromatic rings. The molecule has 4 N–H and O–H groups in total. The van der Waals surface area contributed by atoms with Gasteiger partial charge in [-0.1, -0.05) is 6.07 Å². The molecule has 0 spiro atoms. The van der Waals surface area contributed by atoms with Gasteiger partial charge in [0.1, 0.15) is 5.75 Å². The van der Waals surface area contributed by atoms with E-state index in [1.807, 2.05) is 19.2 Å². The van der Waals surface area contributed by atoms with Crippen molar-refractivity contribution >= 4 is 22.6 Å². The highest BCUT2D eigenvalue weighted by Crippen LogP contribution is 2.38. The van der Waals surface area contributed by atoms with E-state index in [0.29, 0.717) is 13.2 Å². The lowest BCUT2D eigenvalue weighted by Crippen LogP contribution is -2.39. The van der Waals surface area contributed by atoms with E-state index in [9.17, 15) is 9.90 Å². The maximum atomic E-state index is 11.4. The normalized spacial score (nSPS) is 19.3. The van der Waals surface area contributed by atoms with Gasteiger partial charge < -0.3 is 25.3 Å². The number of nitrogens with two attached hydrogens (primary N) is 1. The summed E-state index contributed by atoms with van der Waals surface area (Å²) >= 11 is 0. The minimum atomic E-state index is -1.01. The van der Waals surface area contributed by atoms with E-state index in [4.69, 9.17) is 15.2 Å². The molecule has 0 radical (unpaired) electrons. The van der Waals surface area contributed by atoms with Crippen LogP contribution in [0.2, 0.25) is 0 Å². The minimum Gasteiger partial charge on any atom is -0.496 e. The molecule has 1 fully saturated rings. The molecule has 7 heteroatoms. The van der Waals surface area contributed by atoms with Crippen molar-refractivity contribution in [2.75, 3.05) is 26.0 Å². The Kier molecular flexibility index (Phi) is 6.39. The van der Waals surface area contributed by atoms with Gasteiger partial charge in [-0.3, -0.25) is 4.90 Å². The highest BCUT2D eigenvalue weighted by molar-refractivity contribution is 5.93. The van der Waals surface area contributed by atoms with Crippen molar-refractivity contribution in [1.29, 1.82) is 0 Å². The minimum absolute atomic E-state index is 0.0606. The number of nitrogen functional groups attached to an aromatic ring is 1. The second-order valence-electron chi connectivity index (χ2n) is 8.38. The van der Waals surface area contributed by atoms with Crippen LogP contribution in [0.3, 0.4) is 0 Å². The Labute approximate surface area is 188 Å². The standard InChI is InChI=1S/C25H31N3O4/c1-4-32-17-8-10-28(22(13-17)16-5-6-19(25(29)30)21(26)12-16)14-20-18-7-9-27-24(18)15(2)11-23(20)31-3/h5-7,9,11-12,17,22,27H,4,8,10,13-14,26H2,1-3H3,(H,29,30)/t17-,22-/m0/s1. The van der Waals surface area contributed by atoms with Crippen LogP contribution in [0.4, 0.5) is 5.69 Å². The maximum Gasteiger partial charge on any atom is 0.337 e. The number of hydrogen-bond acceptors (Lipinski definition) is 5. The van der Waals surface area contributed by atoms with E-state index in [1.165, 1.54) is 0 Å². The first-order valence-corrected chi connectivity index (χ1v) is 11.0. The number of nitrogens with one attached hydrogen (secondary N) is 1. The molecular weight excluding hydrogens is 406 g/mol. The van der Waals surface area contributed by atoms with Gasteiger partial charge in [0.15, 0.2) is 0 Å². The summed E-state index contributed by atoms with van der Waals surface area (Å²) in [5.41, 5.74) is 10.9. The molecule has 7 nitrogen and oxygen atoms in total. The second kappa shape index (κ2) is 9.22. The number of likely N-dealkylation sites (tertiary alicyclic amines) is 1. The van der Waals surface area contributed by atoms with Gasteiger partial charge in [0.05, 0.1) is 18.8 Å². The number of rotatable bonds is 7. The van der Waals surface area contributed by atoms with Crippen LogP contribution in [0.5, 0.6) is 5.75 Å². The fourth-order valence-electron chi connectivity index (χ4n) is 4.87. The SMILES string of the molecule is CCO[C@H]1CCN(Cc2c(OC)cc(C)c3[nH]ccc23)[C@H](c2ccc(C(=O)O)c(N)c2)C1. The van der Waals surface area contributed by atoms with Crippen LogP contribution in [-0.4, -0.2) is 47.3 Å². The van der Waals surface area contributed by atoms with Crippen molar-refractivity contribution in [3.63, 3.8) is 0 Å². The number of ether oxygens (including phenoxy) is 2. The zero-order valence-corrected chi connectivity index (χ0v) is 18.9. The Morgan fingerprint density at radius 1 is 1.31 bits per heavy atom. The van der Waals surface area contributed by atoms with Gasteiger partial charge in [0, 0.05) is 54.1 Å². The monoisotopic (exact) mass is 437 g/mol. The van der Waals surface area contributed by atoms with Crippen LogP contribution in [0.15, 0.2) is 36.5 Å². The first kappa shape index (κ1) is 22.2. The summed E-state index contributed by atoms with van der Waals surface area (Å²) in [7, 11) is 1.71. The summed E-state index contributed by atoms with van der Waals surface area (Å²) in [5.74, 6) is -0.137. The number of piperidine rings is 1. The molecule has 1 aliphatic rings. The summed E-state index contributed by atoms with van der Waals surface area (Å²) < 4.78 is 11.7. The summed E-state index contributed by atoms with van der Waals surface area (Å²) in [5, 5.41) is 10.5. The topological polar surface area (TPSA) is 101 Å². The summed E-state index contributed by atoms with van der Waals surface area (Å²) in [6.07, 6.45) is 3.89. The van der Waals surface area contributed by atoms with Crippen LogP contribution >= 0.6 is 0 Å². The lowest BCUT2D eigenvalue weighted by atomic mass is 9.91. The number of hydrogen-bond donors (Lipinski definition) is 3. The van der Waals surface area contributed by atoms with E-state index in [0.717, 1.165) is 52.7 Å². The molecule has 1 aliphatic heterocycles. The number of carboxylic acid groups (broad SMARTS) is 1. The van der Waals surface area contributed by atoms with Crippen LogP contribution in [0, 0.1) is 6.92 Å². The second-order valence-corrected chi connectivity index (χ2v) is 8.38. The molecule has 1 aromatic heterocycles. The van der Waals surface area contributed by atoms with E-state index in [2.05, 4.69) is 28.9 Å². The molecule has 0 saturated carbocycles. The van der Waals surface area contributed by atoms with Gasteiger partial charge in [-0.15, -0.1) is 0 Å². The van der Waals surface area contributed by atoms with Gasteiger partial charge in [-0.2, -0.15) is 0 Å². The van der Waals surface area contributed by atoms with Gasteiger partial charge >= 0.3 is 5.97 Å². The lowest BCUT2D eigenvalue weighted by molar-refractivity contribution is -0.0138. The molecule has 0 aliphatic carbocycles. The van der Waals surface area contributed by atoms with Crippen molar-refractivity contribution in [1.82, 2.24) is 9.88 Å². The zero-order valence-electron chi connectivity index (χ0n) is 18.9. The fraction of sp³-hybridized carbons (Fsp3) is 0.400. The lowest BCUT2D eigenvalue weighted by Gasteiger charge is -2.40. The Bertz CT molecular complexity index is 1120. The van der Waals surface area contributed by atoms with Crippen molar-refractivity contribution in [2.45, 2.75) is 45.4 Å². The number of aryl methyl sites for hydroxylation is 1. The molecule has 32 heavy (non-hydrogen) atoms. The molecule has 1 saturated heterocycles. The number of benzene rings is 2. The third-order valence-electron chi connectivity index (χ3n) is 6.45. The number of H-pyrrole nitrogens is 1. The number of aromatic carboxylic acids is 1. The Hall–Kier alpha value is -3.03. The molecule has 4 rings (SSSR count). The molecule has 2 aromatic carbocycles. The van der Waals surface area contributed by atoms with E-state index >= 15 is 0 Å². The van der Waals surface area contributed by atoms with Gasteiger partial charge in [-0.25, -0.2) is 4.79 Å². The first-order valence-electron chi connectivity index (χ1n) is 11.0. The molecule has 2 atom stereocenters. The predicted molar refractivity (Wildman–Crippen MR) is 125 cm³/mol. The Morgan fingerprint density at radius 2 is 2.12 bits per heavy atom. The van der Waals surface area contributed by atoms with E-state index in [-0.39, 0.29) is 23.4 Å². The Balaban J connectivity index is 1.72. The summed E-state index contributed by atoms with van der Waals surface area (Å²) in [4.78, 5) is 17.2. The number of aromatic nitrogens is 1. The fourth-order valence-corrected chi connectivity index (χ4v) is 4.87. The van der Waals surface area contributed by atoms with E-state index < -0.39 is 5.97 Å². The molecular formula is C25H31N3O4. The van der Waals surface area contributed by atoms with Gasteiger partial charge in [-0.05, 0) is 62.1 Å². The van der Waals surface area contributed by atoms with Gasteiger partial charge in [0.25, 0.3) is 0 Å². The van der Waals surface area contributed by atoms with Crippen molar-refractivity contribution in [2.24, 2.45) is 0 Å². The van der Waals surface area contributed by atoms with Crippen molar-refractivity contribution < 1.29 is 19.4 Å². The van der Waals surface area contributed by atoms with E-state index in [1.54, 1.807) is 19.2 Å². The number of carboxylic acids is 1. The smallest absolute Gasteiger partial charge is 0.337 e. The molecule has 0 bridgehead atoms. The largest absolute Gasteiger partial charge is 0.496 e. The number of methoxy groups -OCH3 is 1. The van der Waals surface area contributed by atoms with Crippen LogP contribution in [0.25, 0.3) is 10.9 Å². The van der Waals surface area contributed by atoms with Gasteiger partial charge in [0.2, 0.25) is 0 Å². The summed E-state index contributed by atoms with van der Waals surface area (Å²) in [6.45, 7) is 6.34. The number of carbonyl (C=O) groups is 1. The molecule has 2 heterocycles. The van der Waals surface area contributed by atoms with Crippen LogP contribution < -0.4 is 10.5 Å². The number of aromatic amines is 1. The number of nitrogens with zero attached hydrogens (tertiary/aromatic N) is 1. The quantitative estimate of drug-likeness (QED) is 0.470. The first-order chi connectivity index (χ1) is 15.4.